The third-order valence-electron chi connectivity index (χ3n) is 5.36. The van der Waals surface area contributed by atoms with E-state index in [2.05, 4.69) is 82.3 Å². The fourth-order valence-corrected chi connectivity index (χ4v) is 3.68. The Balaban J connectivity index is 2.08. The quantitative estimate of drug-likeness (QED) is 0.480. The van der Waals surface area contributed by atoms with Crippen LogP contribution in [0.2, 0.25) is 0 Å². The zero-order chi connectivity index (χ0) is 16.7. The molecule has 0 heteroatoms. The Morgan fingerprint density at radius 3 is 1.57 bits per heavy atom. The van der Waals surface area contributed by atoms with Crippen LogP contribution in [0, 0.1) is 0 Å². The normalized spacial score (nSPS) is 14.0. The van der Waals surface area contributed by atoms with E-state index in [1.165, 1.54) is 42.4 Å². The van der Waals surface area contributed by atoms with Gasteiger partial charge in [0.2, 0.25) is 0 Å². The molecule has 0 nitrogen and oxygen atoms in total. The summed E-state index contributed by atoms with van der Waals surface area (Å²) in [5.41, 5.74) is 4.47. The molecule has 2 aromatic rings. The van der Waals surface area contributed by atoms with Crippen LogP contribution in [0.5, 0.6) is 0 Å². The van der Waals surface area contributed by atoms with Crippen molar-refractivity contribution in [2.24, 2.45) is 0 Å². The van der Waals surface area contributed by atoms with Crippen LogP contribution in [0.3, 0.4) is 0 Å². The van der Waals surface area contributed by atoms with Crippen molar-refractivity contribution in [1.82, 2.24) is 0 Å². The molecule has 0 N–H and O–H groups in total. The van der Waals surface area contributed by atoms with Gasteiger partial charge >= 0.3 is 0 Å². The molecule has 0 fully saturated rings. The summed E-state index contributed by atoms with van der Waals surface area (Å²) in [4.78, 5) is 0. The predicted molar refractivity (Wildman–Crippen MR) is 102 cm³/mol. The van der Waals surface area contributed by atoms with Crippen LogP contribution in [0.15, 0.2) is 54.6 Å². The van der Waals surface area contributed by atoms with Gasteiger partial charge in [-0.3, -0.25) is 0 Å². The Morgan fingerprint density at radius 2 is 1.09 bits per heavy atom. The van der Waals surface area contributed by atoms with Gasteiger partial charge in [0.25, 0.3) is 0 Å². The van der Waals surface area contributed by atoms with E-state index in [1.54, 1.807) is 0 Å². The van der Waals surface area contributed by atoms with Crippen molar-refractivity contribution in [1.29, 1.82) is 0 Å². The fourth-order valence-electron chi connectivity index (χ4n) is 3.68. The molecule has 0 aliphatic heterocycles. The second-order valence-corrected chi connectivity index (χ2v) is 6.83. The van der Waals surface area contributed by atoms with Crippen LogP contribution >= 0.6 is 0 Å². The van der Waals surface area contributed by atoms with Crippen LogP contribution in [-0.4, -0.2) is 0 Å². The largest absolute Gasteiger partial charge is 0.0648 e. The molecule has 2 unspecified atom stereocenters. The van der Waals surface area contributed by atoms with Crippen molar-refractivity contribution in [3.63, 3.8) is 0 Å². The second-order valence-electron chi connectivity index (χ2n) is 6.83. The van der Waals surface area contributed by atoms with Gasteiger partial charge < -0.3 is 0 Å². The molecule has 0 bridgehead atoms. The van der Waals surface area contributed by atoms with Gasteiger partial charge in [0, 0.05) is 0 Å². The molecule has 0 spiro atoms. The molecule has 124 valence electrons. The molecule has 0 saturated carbocycles. The minimum atomic E-state index is 0.611. The highest BCUT2D eigenvalue weighted by Crippen LogP contribution is 2.33. The van der Waals surface area contributed by atoms with Crippen molar-refractivity contribution in [2.45, 2.75) is 71.1 Å². The van der Waals surface area contributed by atoms with E-state index in [9.17, 15) is 0 Å². The average Bonchev–Trinajstić information content (AvgIpc) is 2.62. The number of benzene rings is 2. The Labute approximate surface area is 143 Å². The average molecular weight is 309 g/mol. The lowest BCUT2D eigenvalue weighted by Gasteiger charge is -2.21. The SMILES string of the molecule is CCC(CC)c1ccc(C(CC)CC(C)c2ccccc2)cc1. The first kappa shape index (κ1) is 17.8. The van der Waals surface area contributed by atoms with Crippen LogP contribution in [-0.2, 0) is 0 Å². The fraction of sp³-hybridized carbons (Fsp3) is 0.478. The van der Waals surface area contributed by atoms with Gasteiger partial charge in [-0.15, -0.1) is 0 Å². The standard InChI is InChI=1S/C23H32/c1-5-19(6-2)22-13-15-23(16-14-22)20(7-3)17-18(4)21-11-9-8-10-12-21/h8-16,18-20H,5-7,17H2,1-4H3. The van der Waals surface area contributed by atoms with E-state index in [-0.39, 0.29) is 0 Å². The summed E-state index contributed by atoms with van der Waals surface area (Å²) in [5.74, 6) is 1.98. The first-order valence-electron chi connectivity index (χ1n) is 9.34. The minimum Gasteiger partial charge on any atom is -0.0648 e. The molecule has 0 aliphatic carbocycles. The summed E-state index contributed by atoms with van der Waals surface area (Å²) in [6.45, 7) is 9.25. The van der Waals surface area contributed by atoms with E-state index in [1.807, 2.05) is 0 Å². The molecule has 0 aromatic heterocycles. The summed E-state index contributed by atoms with van der Waals surface area (Å²) in [7, 11) is 0. The van der Waals surface area contributed by atoms with Crippen molar-refractivity contribution >= 4 is 0 Å². The second kappa shape index (κ2) is 8.91. The van der Waals surface area contributed by atoms with E-state index in [4.69, 9.17) is 0 Å². The third-order valence-corrected chi connectivity index (χ3v) is 5.36. The molecule has 0 aliphatic rings. The van der Waals surface area contributed by atoms with Gasteiger partial charge in [0.1, 0.15) is 0 Å². The molecule has 2 atom stereocenters. The first-order chi connectivity index (χ1) is 11.2. The summed E-state index contributed by atoms with van der Waals surface area (Å²) in [6, 6.07) is 20.4. The van der Waals surface area contributed by atoms with E-state index >= 15 is 0 Å². The van der Waals surface area contributed by atoms with Gasteiger partial charge in [0.05, 0.1) is 0 Å². The summed E-state index contributed by atoms with van der Waals surface area (Å²) in [6.07, 6.45) is 4.91. The van der Waals surface area contributed by atoms with E-state index in [0.29, 0.717) is 17.8 Å². The Bertz CT molecular complexity index is 548. The highest BCUT2D eigenvalue weighted by Gasteiger charge is 2.15. The predicted octanol–water partition coefficient (Wildman–Crippen LogP) is 7.28. The lowest BCUT2D eigenvalue weighted by atomic mass is 9.83. The molecular weight excluding hydrogens is 276 g/mol. The van der Waals surface area contributed by atoms with Crippen LogP contribution < -0.4 is 0 Å². The first-order valence-corrected chi connectivity index (χ1v) is 9.34. The van der Waals surface area contributed by atoms with Gasteiger partial charge in [-0.25, -0.2) is 0 Å². The van der Waals surface area contributed by atoms with Gasteiger partial charge in [0.15, 0.2) is 0 Å². The maximum atomic E-state index is 2.37. The zero-order valence-electron chi connectivity index (χ0n) is 15.3. The number of rotatable bonds is 8. The molecular formula is C23H32. The smallest absolute Gasteiger partial charge is 0.0159 e. The van der Waals surface area contributed by atoms with Gasteiger partial charge in [-0.1, -0.05) is 82.3 Å². The Hall–Kier alpha value is -1.56. The van der Waals surface area contributed by atoms with E-state index in [0.717, 1.165) is 0 Å². The Morgan fingerprint density at radius 1 is 0.609 bits per heavy atom. The van der Waals surface area contributed by atoms with Crippen molar-refractivity contribution in [3.05, 3.63) is 71.3 Å². The molecule has 0 radical (unpaired) electrons. The summed E-state index contributed by atoms with van der Waals surface area (Å²) in [5, 5.41) is 0. The van der Waals surface area contributed by atoms with Crippen molar-refractivity contribution < 1.29 is 0 Å². The minimum absolute atomic E-state index is 0.611. The van der Waals surface area contributed by atoms with Gasteiger partial charge in [-0.05, 0) is 60.1 Å². The van der Waals surface area contributed by atoms with Crippen LogP contribution in [0.1, 0.15) is 87.8 Å². The topological polar surface area (TPSA) is 0 Å². The number of hydrogen-bond acceptors (Lipinski definition) is 0. The van der Waals surface area contributed by atoms with Crippen molar-refractivity contribution in [2.75, 3.05) is 0 Å². The highest BCUT2D eigenvalue weighted by molar-refractivity contribution is 5.28. The van der Waals surface area contributed by atoms with Crippen LogP contribution in [0.4, 0.5) is 0 Å². The molecule has 2 aromatic carbocycles. The Kier molecular flexibility index (Phi) is 6.89. The highest BCUT2D eigenvalue weighted by atomic mass is 14.2. The van der Waals surface area contributed by atoms with Crippen molar-refractivity contribution in [3.8, 4) is 0 Å². The third kappa shape index (κ3) is 4.70. The molecule has 0 saturated heterocycles. The number of hydrogen-bond donors (Lipinski definition) is 0. The monoisotopic (exact) mass is 308 g/mol. The zero-order valence-corrected chi connectivity index (χ0v) is 15.3. The lowest BCUT2D eigenvalue weighted by molar-refractivity contribution is 0.544. The van der Waals surface area contributed by atoms with Crippen LogP contribution in [0.25, 0.3) is 0 Å². The lowest BCUT2D eigenvalue weighted by Crippen LogP contribution is -2.04. The summed E-state index contributed by atoms with van der Waals surface area (Å²) >= 11 is 0. The van der Waals surface area contributed by atoms with Gasteiger partial charge in [-0.2, -0.15) is 0 Å². The molecule has 23 heavy (non-hydrogen) atoms. The summed E-state index contributed by atoms with van der Waals surface area (Å²) < 4.78 is 0. The van der Waals surface area contributed by atoms with E-state index < -0.39 is 0 Å². The maximum absolute atomic E-state index is 2.37. The molecule has 2 rings (SSSR count). The molecule has 0 heterocycles. The molecule has 0 amide bonds. The maximum Gasteiger partial charge on any atom is -0.0159 e.